The first-order valence-corrected chi connectivity index (χ1v) is 8.18. The number of benzene rings is 1. The number of fused-ring (bicyclic) bond motifs is 1. The highest BCUT2D eigenvalue weighted by Gasteiger charge is 2.35. The summed E-state index contributed by atoms with van der Waals surface area (Å²) in [5.41, 5.74) is 5.86. The number of nitrogens with zero attached hydrogens (tertiary/aromatic N) is 2. The number of pyridine rings is 1. The van der Waals surface area contributed by atoms with E-state index in [9.17, 15) is 23.2 Å². The van der Waals surface area contributed by atoms with Crippen LogP contribution in [0, 0.1) is 18.3 Å². The number of nitriles is 1. The molecule has 2 aromatic rings. The molecule has 27 heavy (non-hydrogen) atoms. The second kappa shape index (κ2) is 6.50. The second-order valence-corrected chi connectivity index (χ2v) is 6.16. The fourth-order valence-corrected chi connectivity index (χ4v) is 3.28. The highest BCUT2D eigenvalue weighted by atomic mass is 19.4. The largest absolute Gasteiger partial charge is 0.440 e. The van der Waals surface area contributed by atoms with Crippen LogP contribution in [0.5, 0.6) is 5.75 Å². The average molecular weight is 375 g/mol. The lowest BCUT2D eigenvalue weighted by Gasteiger charge is -2.27. The lowest BCUT2D eigenvalue weighted by Crippen LogP contribution is -2.32. The Morgan fingerprint density at radius 3 is 2.44 bits per heavy atom. The van der Waals surface area contributed by atoms with E-state index in [0.29, 0.717) is 17.8 Å². The predicted molar refractivity (Wildman–Crippen MR) is 91.9 cm³/mol. The number of hydrogen-bond donors (Lipinski definition) is 1. The van der Waals surface area contributed by atoms with Crippen LogP contribution in [0.3, 0.4) is 0 Å². The lowest BCUT2D eigenvalue weighted by molar-refractivity contribution is -0.137. The molecule has 3 rings (SSSR count). The van der Waals surface area contributed by atoms with Gasteiger partial charge in [0.25, 0.3) is 5.56 Å². The monoisotopic (exact) mass is 375 g/mol. The van der Waals surface area contributed by atoms with Gasteiger partial charge in [0.15, 0.2) is 0 Å². The van der Waals surface area contributed by atoms with E-state index in [1.54, 1.807) is 19.9 Å². The fraction of sp³-hybridized carbons (Fsp3) is 0.263. The van der Waals surface area contributed by atoms with Crippen LogP contribution in [-0.2, 0) is 12.7 Å². The molecule has 140 valence electrons. The van der Waals surface area contributed by atoms with Gasteiger partial charge in [-0.05, 0) is 31.5 Å². The second-order valence-electron chi connectivity index (χ2n) is 6.16. The maximum atomic E-state index is 13.0. The van der Waals surface area contributed by atoms with Crippen molar-refractivity contribution in [1.82, 2.24) is 4.57 Å². The molecule has 0 fully saturated rings. The van der Waals surface area contributed by atoms with E-state index in [-0.39, 0.29) is 28.3 Å². The maximum absolute atomic E-state index is 13.0. The SMILES string of the molecule is CCn1c(C)cc2c(c1=O)[C@@H](c1ccc(C(F)(F)F)cc1)C(C#N)=C(N)O2. The summed E-state index contributed by atoms with van der Waals surface area (Å²) in [5, 5.41) is 9.52. The van der Waals surface area contributed by atoms with Gasteiger partial charge < -0.3 is 15.0 Å². The molecule has 0 amide bonds. The molecule has 0 radical (unpaired) electrons. The van der Waals surface area contributed by atoms with Gasteiger partial charge in [-0.25, -0.2) is 0 Å². The Morgan fingerprint density at radius 2 is 1.93 bits per heavy atom. The molecule has 5 nitrogen and oxygen atoms in total. The molecule has 0 saturated heterocycles. The zero-order valence-electron chi connectivity index (χ0n) is 14.6. The van der Waals surface area contributed by atoms with Crippen LogP contribution in [-0.4, -0.2) is 4.57 Å². The van der Waals surface area contributed by atoms with Crippen LogP contribution in [0.1, 0.15) is 35.2 Å². The van der Waals surface area contributed by atoms with Crippen LogP contribution >= 0.6 is 0 Å². The molecule has 1 aromatic heterocycles. The summed E-state index contributed by atoms with van der Waals surface area (Å²) >= 11 is 0. The normalized spacial score (nSPS) is 16.5. The quantitative estimate of drug-likeness (QED) is 0.872. The summed E-state index contributed by atoms with van der Waals surface area (Å²) in [6.07, 6.45) is -4.48. The number of halogens is 3. The minimum absolute atomic E-state index is 0.00846. The van der Waals surface area contributed by atoms with Gasteiger partial charge in [-0.15, -0.1) is 0 Å². The van der Waals surface area contributed by atoms with E-state index >= 15 is 0 Å². The Kier molecular flexibility index (Phi) is 4.47. The zero-order valence-corrected chi connectivity index (χ0v) is 14.6. The summed E-state index contributed by atoms with van der Waals surface area (Å²) in [6, 6.07) is 7.91. The third-order valence-electron chi connectivity index (χ3n) is 4.58. The van der Waals surface area contributed by atoms with Gasteiger partial charge in [0, 0.05) is 18.3 Å². The van der Waals surface area contributed by atoms with Crippen molar-refractivity contribution in [2.24, 2.45) is 5.73 Å². The number of aromatic nitrogens is 1. The van der Waals surface area contributed by atoms with Crippen molar-refractivity contribution >= 4 is 0 Å². The highest BCUT2D eigenvalue weighted by molar-refractivity contribution is 5.55. The molecule has 0 aliphatic carbocycles. The minimum atomic E-state index is -4.48. The average Bonchev–Trinajstić information content (AvgIpc) is 2.60. The standard InChI is InChI=1S/C19H16F3N3O2/c1-3-25-10(2)8-14-16(18(25)26)15(13(9-23)17(24)27-14)11-4-6-12(7-5-11)19(20,21)22/h4-8,15H,3,24H2,1-2H3/t15-/m0/s1. The molecule has 1 aromatic carbocycles. The number of hydrogen-bond acceptors (Lipinski definition) is 4. The van der Waals surface area contributed by atoms with Gasteiger partial charge in [0.2, 0.25) is 5.88 Å². The van der Waals surface area contributed by atoms with Gasteiger partial charge in [-0.3, -0.25) is 4.79 Å². The molecule has 2 heterocycles. The van der Waals surface area contributed by atoms with Crippen molar-refractivity contribution in [2.45, 2.75) is 32.5 Å². The van der Waals surface area contributed by atoms with Crippen LogP contribution in [0.2, 0.25) is 0 Å². The summed E-state index contributed by atoms with van der Waals surface area (Å²) in [6.45, 7) is 3.94. The molecule has 2 N–H and O–H groups in total. The Hall–Kier alpha value is -3.21. The first kappa shape index (κ1) is 18.6. The van der Waals surface area contributed by atoms with Gasteiger partial charge in [-0.1, -0.05) is 12.1 Å². The molecule has 0 bridgehead atoms. The molecule has 1 atom stereocenters. The third kappa shape index (κ3) is 3.05. The maximum Gasteiger partial charge on any atom is 0.416 e. The van der Waals surface area contributed by atoms with E-state index in [1.807, 2.05) is 6.07 Å². The summed E-state index contributed by atoms with van der Waals surface area (Å²) in [7, 11) is 0. The van der Waals surface area contributed by atoms with E-state index in [1.165, 1.54) is 16.7 Å². The fourth-order valence-electron chi connectivity index (χ4n) is 3.28. The molecule has 1 aliphatic heterocycles. The molecule has 0 spiro atoms. The molecule has 0 saturated carbocycles. The van der Waals surface area contributed by atoms with Crippen LogP contribution in [0.25, 0.3) is 0 Å². The minimum Gasteiger partial charge on any atom is -0.440 e. The zero-order chi connectivity index (χ0) is 19.9. The molecular formula is C19H16F3N3O2. The Labute approximate surface area is 153 Å². The lowest BCUT2D eigenvalue weighted by atomic mass is 9.83. The summed E-state index contributed by atoms with van der Waals surface area (Å²) in [4.78, 5) is 13.0. The highest BCUT2D eigenvalue weighted by Crippen LogP contribution is 2.41. The summed E-state index contributed by atoms with van der Waals surface area (Å²) in [5.74, 6) is -0.849. The Balaban J connectivity index is 2.26. The topological polar surface area (TPSA) is 81.0 Å². The predicted octanol–water partition coefficient (Wildman–Crippen LogP) is 3.41. The smallest absolute Gasteiger partial charge is 0.416 e. The Morgan fingerprint density at radius 1 is 1.30 bits per heavy atom. The molecule has 1 aliphatic rings. The first-order chi connectivity index (χ1) is 12.7. The van der Waals surface area contributed by atoms with Gasteiger partial charge in [0.05, 0.1) is 17.0 Å². The van der Waals surface area contributed by atoms with Crippen LogP contribution < -0.4 is 16.0 Å². The Bertz CT molecular complexity index is 1030. The number of allylic oxidation sites excluding steroid dienone is 1. The van der Waals surface area contributed by atoms with Crippen molar-refractivity contribution in [3.8, 4) is 11.8 Å². The van der Waals surface area contributed by atoms with E-state index < -0.39 is 17.7 Å². The number of alkyl halides is 3. The molecular weight excluding hydrogens is 359 g/mol. The number of ether oxygens (including phenoxy) is 1. The summed E-state index contributed by atoms with van der Waals surface area (Å²) < 4.78 is 45.6. The van der Waals surface area contributed by atoms with E-state index in [0.717, 1.165) is 12.1 Å². The van der Waals surface area contributed by atoms with Crippen molar-refractivity contribution < 1.29 is 17.9 Å². The van der Waals surface area contributed by atoms with Crippen molar-refractivity contribution in [2.75, 3.05) is 0 Å². The molecule has 0 unspecified atom stereocenters. The number of aryl methyl sites for hydroxylation is 1. The van der Waals surface area contributed by atoms with Crippen LogP contribution in [0.15, 0.2) is 46.6 Å². The number of rotatable bonds is 2. The van der Waals surface area contributed by atoms with Crippen molar-refractivity contribution in [3.05, 3.63) is 74.5 Å². The van der Waals surface area contributed by atoms with Gasteiger partial charge in [-0.2, -0.15) is 18.4 Å². The van der Waals surface area contributed by atoms with Crippen LogP contribution in [0.4, 0.5) is 13.2 Å². The first-order valence-electron chi connectivity index (χ1n) is 8.18. The van der Waals surface area contributed by atoms with E-state index in [4.69, 9.17) is 10.5 Å². The van der Waals surface area contributed by atoms with Gasteiger partial charge >= 0.3 is 6.18 Å². The van der Waals surface area contributed by atoms with E-state index in [2.05, 4.69) is 0 Å². The van der Waals surface area contributed by atoms with Crippen molar-refractivity contribution in [1.29, 1.82) is 5.26 Å². The molecule has 8 heteroatoms. The third-order valence-corrected chi connectivity index (χ3v) is 4.58. The van der Waals surface area contributed by atoms with Crippen molar-refractivity contribution in [3.63, 3.8) is 0 Å². The number of nitrogens with two attached hydrogens (primary N) is 1. The van der Waals surface area contributed by atoms with Gasteiger partial charge in [0.1, 0.15) is 17.4 Å².